The number of halogens is 1. The second-order valence-electron chi connectivity index (χ2n) is 5.47. The van der Waals surface area contributed by atoms with Crippen molar-refractivity contribution in [1.29, 1.82) is 0 Å². The lowest BCUT2D eigenvalue weighted by atomic mass is 10.2. The third kappa shape index (κ3) is 3.33. The fraction of sp³-hybridized carbons (Fsp3) is 0.235. The molecule has 7 heteroatoms. The molecular formula is C17H16ClN3O3. The zero-order valence-corrected chi connectivity index (χ0v) is 13.6. The lowest BCUT2D eigenvalue weighted by Crippen LogP contribution is -2.49. The fourth-order valence-electron chi connectivity index (χ4n) is 2.64. The van der Waals surface area contributed by atoms with Gasteiger partial charge in [0.25, 0.3) is 5.91 Å². The van der Waals surface area contributed by atoms with E-state index in [0.29, 0.717) is 42.6 Å². The molecule has 0 spiro atoms. The number of rotatable bonds is 3. The molecule has 0 unspecified atom stereocenters. The molecular weight excluding hydrogens is 330 g/mol. The van der Waals surface area contributed by atoms with Crippen molar-refractivity contribution in [3.63, 3.8) is 0 Å². The number of carboxylic acids is 1. The molecule has 1 N–H and O–H groups in total. The molecule has 1 aromatic carbocycles. The van der Waals surface area contributed by atoms with Crippen LogP contribution in [0.25, 0.3) is 0 Å². The summed E-state index contributed by atoms with van der Waals surface area (Å²) in [7, 11) is 0. The number of hydrogen-bond acceptors (Lipinski definition) is 4. The van der Waals surface area contributed by atoms with E-state index in [-0.39, 0.29) is 11.5 Å². The smallest absolute Gasteiger partial charge is 0.337 e. The normalized spacial score (nSPS) is 14.5. The maximum Gasteiger partial charge on any atom is 0.337 e. The fourth-order valence-corrected chi connectivity index (χ4v) is 2.86. The average Bonchev–Trinajstić information content (AvgIpc) is 2.62. The number of hydrogen-bond donors (Lipinski definition) is 1. The van der Waals surface area contributed by atoms with Crippen LogP contribution in [-0.4, -0.2) is 53.0 Å². The summed E-state index contributed by atoms with van der Waals surface area (Å²) in [5.74, 6) is -0.358. The van der Waals surface area contributed by atoms with Crippen LogP contribution in [-0.2, 0) is 0 Å². The van der Waals surface area contributed by atoms with Crippen LogP contribution in [0.5, 0.6) is 0 Å². The second-order valence-corrected chi connectivity index (χ2v) is 5.88. The lowest BCUT2D eigenvalue weighted by Gasteiger charge is -2.35. The van der Waals surface area contributed by atoms with E-state index >= 15 is 0 Å². The highest BCUT2D eigenvalue weighted by Gasteiger charge is 2.24. The van der Waals surface area contributed by atoms with Crippen molar-refractivity contribution in [3.8, 4) is 0 Å². The van der Waals surface area contributed by atoms with Gasteiger partial charge in [0.2, 0.25) is 0 Å². The van der Waals surface area contributed by atoms with Gasteiger partial charge in [0.1, 0.15) is 5.82 Å². The number of aromatic nitrogens is 1. The largest absolute Gasteiger partial charge is 0.478 e. The van der Waals surface area contributed by atoms with Gasteiger partial charge >= 0.3 is 5.97 Å². The van der Waals surface area contributed by atoms with Crippen LogP contribution in [0.2, 0.25) is 5.02 Å². The Morgan fingerprint density at radius 2 is 1.75 bits per heavy atom. The molecule has 0 bridgehead atoms. The molecule has 124 valence electrons. The standard InChI is InChI=1S/C17H16ClN3O3/c18-14-4-2-1-3-13(14)16(22)21-9-7-20(8-10-21)15-6-5-12(11-19-15)17(23)24/h1-6,11H,7-10H2,(H,23,24). The van der Waals surface area contributed by atoms with Crippen molar-refractivity contribution in [1.82, 2.24) is 9.88 Å². The number of nitrogens with zero attached hydrogens (tertiary/aromatic N) is 3. The Morgan fingerprint density at radius 3 is 2.33 bits per heavy atom. The number of pyridine rings is 1. The summed E-state index contributed by atoms with van der Waals surface area (Å²) in [6, 6.07) is 10.2. The van der Waals surface area contributed by atoms with E-state index in [2.05, 4.69) is 4.98 Å². The Morgan fingerprint density at radius 1 is 1.04 bits per heavy atom. The first kappa shape index (κ1) is 16.3. The maximum absolute atomic E-state index is 12.5. The molecule has 1 saturated heterocycles. The van der Waals surface area contributed by atoms with Gasteiger partial charge in [-0.1, -0.05) is 23.7 Å². The van der Waals surface area contributed by atoms with Crippen molar-refractivity contribution in [2.24, 2.45) is 0 Å². The van der Waals surface area contributed by atoms with Gasteiger partial charge in [-0.25, -0.2) is 9.78 Å². The molecule has 1 fully saturated rings. The van der Waals surface area contributed by atoms with Crippen LogP contribution in [0.15, 0.2) is 42.6 Å². The van der Waals surface area contributed by atoms with E-state index in [9.17, 15) is 9.59 Å². The number of carboxylic acid groups (broad SMARTS) is 1. The molecule has 1 aromatic heterocycles. The number of anilines is 1. The Balaban J connectivity index is 1.64. The average molecular weight is 346 g/mol. The zero-order valence-electron chi connectivity index (χ0n) is 12.9. The minimum Gasteiger partial charge on any atom is -0.478 e. The first-order valence-corrected chi connectivity index (χ1v) is 7.92. The van der Waals surface area contributed by atoms with E-state index in [0.717, 1.165) is 0 Å². The number of carbonyl (C=O) groups is 2. The van der Waals surface area contributed by atoms with E-state index in [4.69, 9.17) is 16.7 Å². The Hall–Kier alpha value is -2.60. The summed E-state index contributed by atoms with van der Waals surface area (Å²) in [6.45, 7) is 2.39. The number of piperazine rings is 1. The quantitative estimate of drug-likeness (QED) is 0.924. The van der Waals surface area contributed by atoms with Crippen molar-refractivity contribution in [2.75, 3.05) is 31.1 Å². The Bertz CT molecular complexity index is 756. The van der Waals surface area contributed by atoms with Crippen LogP contribution in [0.1, 0.15) is 20.7 Å². The molecule has 0 aliphatic carbocycles. The summed E-state index contributed by atoms with van der Waals surface area (Å²) >= 11 is 6.09. The van der Waals surface area contributed by atoms with Gasteiger partial charge in [0.05, 0.1) is 16.1 Å². The summed E-state index contributed by atoms with van der Waals surface area (Å²) in [5.41, 5.74) is 0.669. The molecule has 0 atom stereocenters. The first-order chi connectivity index (χ1) is 11.6. The highest BCUT2D eigenvalue weighted by Crippen LogP contribution is 2.19. The molecule has 2 heterocycles. The summed E-state index contributed by atoms with van der Waals surface area (Å²) in [5, 5.41) is 9.36. The van der Waals surface area contributed by atoms with Crippen molar-refractivity contribution in [2.45, 2.75) is 0 Å². The molecule has 1 amide bonds. The SMILES string of the molecule is O=C(O)c1ccc(N2CCN(C(=O)c3ccccc3Cl)CC2)nc1. The van der Waals surface area contributed by atoms with Crippen LogP contribution in [0, 0.1) is 0 Å². The number of aromatic carboxylic acids is 1. The molecule has 0 saturated carbocycles. The number of carbonyl (C=O) groups excluding carboxylic acids is 1. The van der Waals surface area contributed by atoms with Crippen molar-refractivity contribution >= 4 is 29.3 Å². The minimum absolute atomic E-state index is 0.0746. The van der Waals surface area contributed by atoms with Gasteiger partial charge in [0.15, 0.2) is 0 Å². The van der Waals surface area contributed by atoms with Crippen molar-refractivity contribution in [3.05, 3.63) is 58.7 Å². The van der Waals surface area contributed by atoms with Crippen LogP contribution < -0.4 is 4.90 Å². The summed E-state index contributed by atoms with van der Waals surface area (Å²) in [4.78, 5) is 31.4. The molecule has 1 aliphatic rings. The highest BCUT2D eigenvalue weighted by atomic mass is 35.5. The molecule has 6 nitrogen and oxygen atoms in total. The third-order valence-electron chi connectivity index (χ3n) is 3.99. The van der Waals surface area contributed by atoms with E-state index < -0.39 is 5.97 Å². The zero-order chi connectivity index (χ0) is 17.1. The number of benzene rings is 1. The topological polar surface area (TPSA) is 73.7 Å². The minimum atomic E-state index is -0.996. The molecule has 0 radical (unpaired) electrons. The second kappa shape index (κ2) is 6.88. The Kier molecular flexibility index (Phi) is 4.66. The van der Waals surface area contributed by atoms with Gasteiger partial charge in [-0.05, 0) is 24.3 Å². The molecule has 3 rings (SSSR count). The third-order valence-corrected chi connectivity index (χ3v) is 4.32. The van der Waals surface area contributed by atoms with E-state index in [1.807, 2.05) is 4.90 Å². The monoisotopic (exact) mass is 345 g/mol. The summed E-state index contributed by atoms with van der Waals surface area (Å²) < 4.78 is 0. The van der Waals surface area contributed by atoms with E-state index in [1.165, 1.54) is 12.3 Å². The number of amides is 1. The van der Waals surface area contributed by atoms with Gasteiger partial charge in [-0.2, -0.15) is 0 Å². The van der Waals surface area contributed by atoms with Gasteiger partial charge in [-0.15, -0.1) is 0 Å². The predicted molar refractivity (Wildman–Crippen MR) is 90.8 cm³/mol. The van der Waals surface area contributed by atoms with Crippen molar-refractivity contribution < 1.29 is 14.7 Å². The van der Waals surface area contributed by atoms with Gasteiger partial charge in [0, 0.05) is 32.4 Å². The highest BCUT2D eigenvalue weighted by molar-refractivity contribution is 6.33. The Labute approximate surface area is 144 Å². The maximum atomic E-state index is 12.5. The lowest BCUT2D eigenvalue weighted by molar-refractivity contribution is 0.0694. The van der Waals surface area contributed by atoms with Gasteiger partial charge < -0.3 is 14.9 Å². The first-order valence-electron chi connectivity index (χ1n) is 7.54. The van der Waals surface area contributed by atoms with Crippen LogP contribution in [0.4, 0.5) is 5.82 Å². The predicted octanol–water partition coefficient (Wildman–Crippen LogP) is 2.40. The summed E-state index contributed by atoms with van der Waals surface area (Å²) in [6.07, 6.45) is 1.35. The molecule has 24 heavy (non-hydrogen) atoms. The van der Waals surface area contributed by atoms with E-state index in [1.54, 1.807) is 35.2 Å². The van der Waals surface area contributed by atoms with Gasteiger partial charge in [-0.3, -0.25) is 4.79 Å². The van der Waals surface area contributed by atoms with Crippen LogP contribution in [0.3, 0.4) is 0 Å². The van der Waals surface area contributed by atoms with Crippen LogP contribution >= 0.6 is 11.6 Å². The molecule has 1 aliphatic heterocycles. The molecule has 2 aromatic rings.